The number of anilines is 1. The zero-order valence-corrected chi connectivity index (χ0v) is 14.3. The van der Waals surface area contributed by atoms with Gasteiger partial charge in [-0.05, 0) is 24.3 Å². The van der Waals surface area contributed by atoms with Crippen LogP contribution in [0.4, 0.5) is 10.1 Å². The van der Waals surface area contributed by atoms with Crippen molar-refractivity contribution in [2.75, 3.05) is 19.1 Å². The third-order valence-corrected chi connectivity index (χ3v) is 3.60. The lowest BCUT2D eigenvalue weighted by molar-refractivity contribution is -0.139. The van der Waals surface area contributed by atoms with Crippen molar-refractivity contribution >= 4 is 33.6 Å². The van der Waals surface area contributed by atoms with Gasteiger partial charge in [-0.1, -0.05) is 22.0 Å². The number of ether oxygens (including phenoxy) is 2. The van der Waals surface area contributed by atoms with Crippen LogP contribution in [0.15, 0.2) is 52.3 Å². The van der Waals surface area contributed by atoms with Crippen LogP contribution < -0.4 is 4.90 Å². The van der Waals surface area contributed by atoms with Gasteiger partial charge < -0.3 is 19.5 Å². The highest BCUT2D eigenvalue weighted by atomic mass is 79.9. The van der Waals surface area contributed by atoms with Gasteiger partial charge in [-0.25, -0.2) is 14.0 Å². The van der Waals surface area contributed by atoms with Gasteiger partial charge in [-0.3, -0.25) is 0 Å². The third-order valence-electron chi connectivity index (χ3n) is 3.14. The maximum atomic E-state index is 14.4. The first-order valence-electron chi connectivity index (χ1n) is 6.63. The summed E-state index contributed by atoms with van der Waals surface area (Å²) in [5.74, 6) is -2.94. The lowest BCUT2D eigenvalue weighted by atomic mass is 10.1. The SMILES string of the molecule is COC(=O)C1=C(C(=O)OC)N(c2c(O)cc(Br)cc2F)C=CC=C1. The monoisotopic (exact) mass is 397 g/mol. The number of halogens is 2. The van der Waals surface area contributed by atoms with Gasteiger partial charge in [0, 0.05) is 10.7 Å². The van der Waals surface area contributed by atoms with E-state index >= 15 is 0 Å². The molecule has 0 amide bonds. The summed E-state index contributed by atoms with van der Waals surface area (Å²) in [7, 11) is 2.27. The number of benzene rings is 1. The maximum Gasteiger partial charge on any atom is 0.355 e. The van der Waals surface area contributed by atoms with Crippen LogP contribution in [0, 0.1) is 5.82 Å². The van der Waals surface area contributed by atoms with E-state index in [-0.39, 0.29) is 17.0 Å². The number of hydrogen-bond donors (Lipinski definition) is 1. The van der Waals surface area contributed by atoms with Crippen molar-refractivity contribution in [2.24, 2.45) is 0 Å². The van der Waals surface area contributed by atoms with Crippen LogP contribution in [0.2, 0.25) is 0 Å². The number of rotatable bonds is 3. The Morgan fingerprint density at radius 3 is 2.42 bits per heavy atom. The highest BCUT2D eigenvalue weighted by Crippen LogP contribution is 2.37. The Morgan fingerprint density at radius 1 is 1.17 bits per heavy atom. The first-order chi connectivity index (χ1) is 11.4. The molecule has 8 heteroatoms. The van der Waals surface area contributed by atoms with Crippen molar-refractivity contribution in [3.8, 4) is 5.75 Å². The van der Waals surface area contributed by atoms with E-state index < -0.39 is 23.5 Å². The number of phenolic OH excluding ortho intramolecular Hbond substituents is 1. The fraction of sp³-hybridized carbons (Fsp3) is 0.125. The fourth-order valence-corrected chi connectivity index (χ4v) is 2.55. The van der Waals surface area contributed by atoms with E-state index in [0.717, 1.165) is 25.2 Å². The Kier molecular flexibility index (Phi) is 5.40. The smallest absolute Gasteiger partial charge is 0.355 e. The summed E-state index contributed by atoms with van der Waals surface area (Å²) in [4.78, 5) is 25.2. The molecule has 6 nitrogen and oxygen atoms in total. The van der Waals surface area contributed by atoms with Gasteiger partial charge >= 0.3 is 11.9 Å². The van der Waals surface area contributed by atoms with E-state index in [1.54, 1.807) is 0 Å². The summed E-state index contributed by atoms with van der Waals surface area (Å²) in [6.45, 7) is 0. The Bertz CT molecular complexity index is 762. The van der Waals surface area contributed by atoms with Gasteiger partial charge in [0.15, 0.2) is 5.82 Å². The molecule has 0 saturated carbocycles. The van der Waals surface area contributed by atoms with E-state index in [0.29, 0.717) is 4.47 Å². The number of esters is 2. The molecular formula is C16H13BrFNO5. The van der Waals surface area contributed by atoms with Crippen LogP contribution in [0.3, 0.4) is 0 Å². The highest BCUT2D eigenvalue weighted by molar-refractivity contribution is 9.10. The zero-order chi connectivity index (χ0) is 17.9. The summed E-state index contributed by atoms with van der Waals surface area (Å²) in [5, 5.41) is 10.1. The summed E-state index contributed by atoms with van der Waals surface area (Å²) in [5.41, 5.74) is -0.734. The first-order valence-corrected chi connectivity index (χ1v) is 7.43. The van der Waals surface area contributed by atoms with Gasteiger partial charge in [0.1, 0.15) is 17.1 Å². The molecule has 0 aliphatic carbocycles. The molecule has 0 aromatic heterocycles. The van der Waals surface area contributed by atoms with Crippen molar-refractivity contribution in [2.45, 2.75) is 0 Å². The second-order valence-electron chi connectivity index (χ2n) is 4.57. The first kappa shape index (κ1) is 17.7. The molecule has 1 aromatic rings. The molecule has 1 N–H and O–H groups in total. The lowest BCUT2D eigenvalue weighted by Crippen LogP contribution is -2.27. The van der Waals surface area contributed by atoms with Crippen molar-refractivity contribution in [1.29, 1.82) is 0 Å². The highest BCUT2D eigenvalue weighted by Gasteiger charge is 2.30. The van der Waals surface area contributed by atoms with E-state index in [1.165, 1.54) is 30.5 Å². The number of carbonyl (C=O) groups is 2. The second kappa shape index (κ2) is 7.31. The lowest BCUT2D eigenvalue weighted by Gasteiger charge is -2.24. The molecule has 0 radical (unpaired) electrons. The average Bonchev–Trinajstić information content (AvgIpc) is 2.75. The molecule has 126 valence electrons. The van der Waals surface area contributed by atoms with Crippen LogP contribution in [-0.2, 0) is 19.1 Å². The molecule has 24 heavy (non-hydrogen) atoms. The number of hydrogen-bond acceptors (Lipinski definition) is 6. The van der Waals surface area contributed by atoms with Crippen LogP contribution in [0.5, 0.6) is 5.75 Å². The minimum atomic E-state index is -0.895. The van der Waals surface area contributed by atoms with Gasteiger partial charge in [0.25, 0.3) is 0 Å². The topological polar surface area (TPSA) is 76.1 Å². The minimum absolute atomic E-state index is 0.143. The summed E-state index contributed by atoms with van der Waals surface area (Å²) in [6.07, 6.45) is 5.61. The predicted molar refractivity (Wildman–Crippen MR) is 87.6 cm³/mol. The summed E-state index contributed by atoms with van der Waals surface area (Å²) >= 11 is 3.06. The maximum absolute atomic E-state index is 14.4. The fourth-order valence-electron chi connectivity index (χ4n) is 2.13. The van der Waals surface area contributed by atoms with Crippen molar-refractivity contribution < 1.29 is 28.6 Å². The Hall–Kier alpha value is -2.61. The molecule has 2 rings (SSSR count). The van der Waals surface area contributed by atoms with E-state index in [1.807, 2.05) is 0 Å². The van der Waals surface area contributed by atoms with Gasteiger partial charge in [0.2, 0.25) is 0 Å². The number of methoxy groups -OCH3 is 2. The second-order valence-corrected chi connectivity index (χ2v) is 5.49. The molecule has 0 fully saturated rings. The average molecular weight is 398 g/mol. The standard InChI is InChI=1S/C16H13BrFNO5/c1-23-15(21)10-5-3-4-6-19(13(10)16(22)24-2)14-11(18)7-9(17)8-12(14)20/h3-8,20H,1-2H3. The molecule has 0 unspecified atom stereocenters. The Morgan fingerprint density at radius 2 is 1.83 bits per heavy atom. The number of aromatic hydroxyl groups is 1. The quantitative estimate of drug-likeness (QED) is 0.790. The van der Waals surface area contributed by atoms with Crippen LogP contribution in [-0.4, -0.2) is 31.3 Å². The van der Waals surface area contributed by atoms with Crippen molar-refractivity contribution in [1.82, 2.24) is 0 Å². The van der Waals surface area contributed by atoms with E-state index in [4.69, 9.17) is 4.74 Å². The molecule has 0 spiro atoms. The van der Waals surface area contributed by atoms with Gasteiger partial charge in [-0.15, -0.1) is 0 Å². The Balaban J connectivity index is 2.75. The molecular weight excluding hydrogens is 385 g/mol. The largest absolute Gasteiger partial charge is 0.506 e. The minimum Gasteiger partial charge on any atom is -0.506 e. The predicted octanol–water partition coefficient (Wildman–Crippen LogP) is 2.78. The molecule has 1 aliphatic heterocycles. The van der Waals surface area contributed by atoms with Crippen LogP contribution in [0.1, 0.15) is 0 Å². The van der Waals surface area contributed by atoms with Crippen LogP contribution in [0.25, 0.3) is 0 Å². The number of nitrogens with zero attached hydrogens (tertiary/aromatic N) is 1. The number of allylic oxidation sites excluding steroid dienone is 2. The molecule has 1 heterocycles. The van der Waals surface area contributed by atoms with Gasteiger partial charge in [-0.2, -0.15) is 0 Å². The molecule has 0 atom stereocenters. The zero-order valence-electron chi connectivity index (χ0n) is 12.7. The summed E-state index contributed by atoms with van der Waals surface area (Å²) < 4.78 is 24.1. The molecule has 0 bridgehead atoms. The number of phenols is 1. The van der Waals surface area contributed by atoms with E-state index in [2.05, 4.69) is 20.7 Å². The normalized spacial score (nSPS) is 13.8. The Labute approximate surface area is 145 Å². The number of carbonyl (C=O) groups excluding carboxylic acids is 2. The summed E-state index contributed by atoms with van der Waals surface area (Å²) in [6, 6.07) is 2.38. The van der Waals surface area contributed by atoms with Gasteiger partial charge in [0.05, 0.1) is 19.8 Å². The van der Waals surface area contributed by atoms with E-state index in [9.17, 15) is 19.1 Å². The molecule has 1 aromatic carbocycles. The molecule has 0 saturated heterocycles. The van der Waals surface area contributed by atoms with Crippen molar-refractivity contribution in [3.63, 3.8) is 0 Å². The third kappa shape index (κ3) is 3.33. The van der Waals surface area contributed by atoms with Crippen molar-refractivity contribution in [3.05, 3.63) is 58.1 Å². The molecule has 1 aliphatic rings. The van der Waals surface area contributed by atoms with Crippen LogP contribution >= 0.6 is 15.9 Å².